The Morgan fingerprint density at radius 1 is 0.984 bits per heavy atom. The van der Waals surface area contributed by atoms with Gasteiger partial charge in [0.2, 0.25) is 17.7 Å². The number of ether oxygens (including phenoxy) is 2. The van der Waals surface area contributed by atoms with E-state index in [1.165, 1.54) is 48.7 Å². The first-order valence-corrected chi connectivity index (χ1v) is 21.6. The van der Waals surface area contributed by atoms with Crippen LogP contribution >= 0.6 is 0 Å². The first-order valence-electron chi connectivity index (χ1n) is 21.6. The van der Waals surface area contributed by atoms with Gasteiger partial charge in [-0.25, -0.2) is 9.18 Å². The highest BCUT2D eigenvalue weighted by atomic mass is 19.4. The number of hydrogen-bond acceptors (Lipinski definition) is 8. The highest BCUT2D eigenvalue weighted by molar-refractivity contribution is 6.01. The number of piperidine rings is 1. The van der Waals surface area contributed by atoms with E-state index in [-0.39, 0.29) is 79.4 Å². The fraction of sp³-hybridized carbons (Fsp3) is 0.556. The molecule has 338 valence electrons. The van der Waals surface area contributed by atoms with Crippen molar-refractivity contribution >= 4 is 35.4 Å². The number of benzene rings is 2. The van der Waals surface area contributed by atoms with Crippen LogP contribution in [-0.2, 0) is 32.8 Å². The predicted octanol–water partition coefficient (Wildman–Crippen LogP) is 6.38. The van der Waals surface area contributed by atoms with Gasteiger partial charge < -0.3 is 34.8 Å². The van der Waals surface area contributed by atoms with Crippen LogP contribution < -0.4 is 15.4 Å². The monoisotopic (exact) mass is 879 g/mol. The van der Waals surface area contributed by atoms with E-state index in [4.69, 9.17) is 9.47 Å². The van der Waals surface area contributed by atoms with Crippen LogP contribution in [0.5, 0.6) is 5.75 Å². The third-order valence-electron chi connectivity index (χ3n) is 13.1. The van der Waals surface area contributed by atoms with Gasteiger partial charge in [-0.1, -0.05) is 51.1 Å². The van der Waals surface area contributed by atoms with E-state index < -0.39 is 83.9 Å². The van der Waals surface area contributed by atoms with Crippen molar-refractivity contribution < 1.29 is 51.0 Å². The predicted molar refractivity (Wildman–Crippen MR) is 219 cm³/mol. The van der Waals surface area contributed by atoms with Crippen molar-refractivity contribution in [2.24, 2.45) is 30.2 Å². The molecule has 0 radical (unpaired) electrons. The molecule has 4 heterocycles. The van der Waals surface area contributed by atoms with Gasteiger partial charge in [-0.3, -0.25) is 23.9 Å². The summed E-state index contributed by atoms with van der Waals surface area (Å²) in [6.07, 6.45) is -0.0728. The molecule has 4 fully saturated rings. The molecule has 1 aromatic heterocycles. The minimum absolute atomic E-state index is 0.0336. The number of carbonyl (C=O) groups excluding carboxylic acids is 5. The molecule has 14 nitrogen and oxygen atoms in total. The lowest BCUT2D eigenvalue weighted by molar-refractivity contribution is -0.208. The number of amides is 5. The molecule has 1 spiro atoms. The molecule has 8 rings (SSSR count). The van der Waals surface area contributed by atoms with Crippen LogP contribution in [0.3, 0.4) is 0 Å². The van der Waals surface area contributed by atoms with E-state index in [1.807, 2.05) is 30.3 Å². The lowest BCUT2D eigenvalue weighted by Crippen LogP contribution is -2.65. The quantitative estimate of drug-likeness (QED) is 0.223. The zero-order valence-corrected chi connectivity index (χ0v) is 35.8. The van der Waals surface area contributed by atoms with Crippen LogP contribution in [0, 0.1) is 29.0 Å². The molecule has 18 heteroatoms. The topological polar surface area (TPSA) is 155 Å². The molecule has 2 aromatic carbocycles. The third-order valence-corrected chi connectivity index (χ3v) is 13.1. The van der Waals surface area contributed by atoms with E-state index in [1.54, 1.807) is 7.05 Å². The van der Waals surface area contributed by atoms with Crippen molar-refractivity contribution in [1.82, 2.24) is 29.8 Å². The van der Waals surface area contributed by atoms with E-state index in [2.05, 4.69) is 15.7 Å². The van der Waals surface area contributed by atoms with Gasteiger partial charge in [0.05, 0.1) is 18.3 Å². The highest BCUT2D eigenvalue weighted by Gasteiger charge is 2.55. The Kier molecular flexibility index (Phi) is 11.7. The number of carbonyl (C=O) groups is 5. The second-order valence-corrected chi connectivity index (χ2v) is 18.7. The second kappa shape index (κ2) is 16.8. The molecule has 5 aliphatic rings. The number of fused-ring (bicyclic) bond motifs is 1. The molecule has 2 aliphatic carbocycles. The number of aromatic nitrogens is 2. The molecule has 3 aromatic rings. The van der Waals surface area contributed by atoms with Gasteiger partial charge in [-0.2, -0.15) is 18.3 Å². The van der Waals surface area contributed by atoms with Gasteiger partial charge in [0.25, 0.3) is 5.91 Å². The van der Waals surface area contributed by atoms with Crippen molar-refractivity contribution in [3.05, 3.63) is 77.4 Å². The maximum atomic E-state index is 16.5. The van der Waals surface area contributed by atoms with Crippen LogP contribution in [0.25, 0.3) is 0 Å². The Labute approximate surface area is 362 Å². The Hall–Kier alpha value is -5.68. The standard InChI is InChI=1S/C45H53F4N7O7/c1-43(2,3)41(60)56-24-36(57)55(23-35(56)45(47,48)49)33-22-44(15-18-54(19-16-44)42(61)62-25-26-8-6-5-7-9-26)63-34-21-31(30(46)20-29(33)34)51-40(59)38(37(27-10-11-27)28-12-13-28)52-39(58)32-14-17-50-53(32)4/h5-9,14,17,20-21,27-28,33,35,37-38H,10-13,15-16,18-19,22-25H2,1-4H3,(H,51,59)(H,52,58)/t33?,35-,38-/m0/s1. The van der Waals surface area contributed by atoms with E-state index >= 15 is 4.39 Å². The van der Waals surface area contributed by atoms with Crippen molar-refractivity contribution in [1.29, 1.82) is 0 Å². The van der Waals surface area contributed by atoms with Gasteiger partial charge in [0, 0.05) is 62.6 Å². The minimum Gasteiger partial charge on any atom is -0.487 e. The average molecular weight is 880 g/mol. The number of rotatable bonds is 10. The number of halogens is 4. The summed E-state index contributed by atoms with van der Waals surface area (Å²) in [4.78, 5) is 71.5. The zero-order chi connectivity index (χ0) is 45.0. The number of nitrogens with one attached hydrogen (secondary N) is 2. The summed E-state index contributed by atoms with van der Waals surface area (Å²) in [5.74, 6) is -3.39. The van der Waals surface area contributed by atoms with Crippen LogP contribution in [0.4, 0.5) is 28.0 Å². The molecule has 3 atom stereocenters. The van der Waals surface area contributed by atoms with Crippen molar-refractivity contribution in [3.8, 4) is 5.75 Å². The van der Waals surface area contributed by atoms with E-state index in [9.17, 15) is 37.1 Å². The zero-order valence-electron chi connectivity index (χ0n) is 35.8. The Balaban J connectivity index is 1.09. The minimum atomic E-state index is -4.90. The number of piperazine rings is 1. The fourth-order valence-corrected chi connectivity index (χ4v) is 9.45. The summed E-state index contributed by atoms with van der Waals surface area (Å²) in [5.41, 5.74) is -1.49. The van der Waals surface area contributed by atoms with Crippen LogP contribution in [0.15, 0.2) is 54.7 Å². The van der Waals surface area contributed by atoms with Gasteiger partial charge in [-0.15, -0.1) is 0 Å². The first-order chi connectivity index (χ1) is 29.8. The average Bonchev–Trinajstić information content (AvgIpc) is 4.19. The molecule has 3 aliphatic heterocycles. The summed E-state index contributed by atoms with van der Waals surface area (Å²) in [6.45, 7) is 3.05. The number of aryl methyl sites for hydroxylation is 1. The van der Waals surface area contributed by atoms with E-state index in [0.29, 0.717) is 4.90 Å². The molecule has 1 unspecified atom stereocenters. The molecule has 2 saturated heterocycles. The van der Waals surface area contributed by atoms with Crippen molar-refractivity contribution in [2.45, 2.75) is 102 Å². The Bertz CT molecular complexity index is 2230. The number of anilines is 1. The fourth-order valence-electron chi connectivity index (χ4n) is 9.45. The highest BCUT2D eigenvalue weighted by Crippen LogP contribution is 2.52. The van der Waals surface area contributed by atoms with Crippen molar-refractivity contribution in [2.75, 3.05) is 31.5 Å². The Morgan fingerprint density at radius 2 is 1.65 bits per heavy atom. The summed E-state index contributed by atoms with van der Waals surface area (Å²) in [7, 11) is 1.61. The van der Waals surface area contributed by atoms with Gasteiger partial charge in [-0.05, 0) is 61.1 Å². The molecule has 0 bridgehead atoms. The summed E-state index contributed by atoms with van der Waals surface area (Å²) >= 11 is 0. The number of likely N-dealkylation sites (tertiary alicyclic amines) is 1. The van der Waals surface area contributed by atoms with Gasteiger partial charge >= 0.3 is 12.3 Å². The Morgan fingerprint density at radius 3 is 2.24 bits per heavy atom. The number of hydrogen-bond donors (Lipinski definition) is 2. The van der Waals surface area contributed by atoms with Gasteiger partial charge in [0.15, 0.2) is 0 Å². The largest absolute Gasteiger partial charge is 0.487 e. The molecule has 5 amide bonds. The summed E-state index contributed by atoms with van der Waals surface area (Å²) < 4.78 is 74.7. The maximum Gasteiger partial charge on any atom is 0.410 e. The number of alkyl halides is 3. The van der Waals surface area contributed by atoms with Crippen LogP contribution in [0.1, 0.15) is 93.4 Å². The molecule has 2 saturated carbocycles. The smallest absolute Gasteiger partial charge is 0.410 e. The summed E-state index contributed by atoms with van der Waals surface area (Å²) in [5, 5.41) is 9.67. The molecule has 63 heavy (non-hydrogen) atoms. The SMILES string of the molecule is Cn1nccc1C(=O)N[C@H](C(=O)Nc1cc2c(cc1F)C(N1C[C@@H](C(F)(F)F)N(C(=O)C(C)(C)C)CC1=O)CC1(CCN(C(=O)OCc3ccccc3)CC1)O2)C(C1CC1)C1CC1. The first kappa shape index (κ1) is 43.9. The summed E-state index contributed by atoms with van der Waals surface area (Å²) in [6, 6.07) is 8.56. The third kappa shape index (κ3) is 9.35. The molecular weight excluding hydrogens is 827 g/mol. The van der Waals surface area contributed by atoms with E-state index in [0.717, 1.165) is 42.2 Å². The van der Waals surface area contributed by atoms with Gasteiger partial charge in [0.1, 0.15) is 48.1 Å². The number of nitrogens with zero attached hydrogens (tertiary/aromatic N) is 5. The molecular formula is C45H53F4N7O7. The molecule has 2 N–H and O–H groups in total. The van der Waals surface area contributed by atoms with Crippen LogP contribution in [-0.4, -0.2) is 104 Å². The maximum absolute atomic E-state index is 16.5. The van der Waals surface area contributed by atoms with Crippen molar-refractivity contribution in [3.63, 3.8) is 0 Å². The lowest BCUT2D eigenvalue weighted by Gasteiger charge is -2.51. The van der Waals surface area contributed by atoms with Crippen LogP contribution in [0.2, 0.25) is 0 Å². The normalized spacial score (nSPS) is 21.7. The second-order valence-electron chi connectivity index (χ2n) is 18.7. The lowest BCUT2D eigenvalue weighted by atomic mass is 9.79.